The molecule has 1 aromatic heterocycles. The highest BCUT2D eigenvalue weighted by Gasteiger charge is 2.10. The predicted octanol–water partition coefficient (Wildman–Crippen LogP) is 1.76. The summed E-state index contributed by atoms with van der Waals surface area (Å²) in [5.41, 5.74) is 2.22. The highest BCUT2D eigenvalue weighted by atomic mass is 16.7. The fourth-order valence-electron chi connectivity index (χ4n) is 2.18. The summed E-state index contributed by atoms with van der Waals surface area (Å²) in [6, 6.07) is 8.19. The van der Waals surface area contributed by atoms with Crippen molar-refractivity contribution in [2.45, 2.75) is 26.3 Å². The molecule has 2 aromatic rings. The molecule has 0 amide bonds. The fraction of sp³-hybridized carbons (Fsp3) is 0.500. The number of para-hydroxylation sites is 2. The van der Waals surface area contributed by atoms with E-state index >= 15 is 0 Å². The second kappa shape index (κ2) is 6.65. The molecule has 0 aliphatic heterocycles. The number of imidazole rings is 1. The summed E-state index contributed by atoms with van der Waals surface area (Å²) in [7, 11) is 3.27. The number of aromatic nitrogens is 2. The van der Waals surface area contributed by atoms with Gasteiger partial charge in [-0.2, -0.15) is 0 Å². The zero-order valence-electron chi connectivity index (χ0n) is 11.7. The Kier molecular flexibility index (Phi) is 4.90. The van der Waals surface area contributed by atoms with Gasteiger partial charge in [-0.05, 0) is 19.1 Å². The van der Waals surface area contributed by atoms with Crippen LogP contribution in [0.5, 0.6) is 0 Å². The van der Waals surface area contributed by atoms with Crippen LogP contribution in [-0.2, 0) is 22.6 Å². The van der Waals surface area contributed by atoms with Crippen molar-refractivity contribution in [2.75, 3.05) is 20.8 Å². The molecule has 19 heavy (non-hydrogen) atoms. The maximum absolute atomic E-state index is 5.14. The lowest BCUT2D eigenvalue weighted by molar-refractivity contribution is -0.0989. The molecule has 0 saturated carbocycles. The van der Waals surface area contributed by atoms with Gasteiger partial charge in [0.05, 0.1) is 17.6 Å². The number of nitrogens with one attached hydrogen (secondary N) is 1. The van der Waals surface area contributed by atoms with Crippen molar-refractivity contribution in [1.82, 2.24) is 14.9 Å². The molecule has 104 valence electrons. The molecule has 5 nitrogen and oxygen atoms in total. The number of hydrogen-bond acceptors (Lipinski definition) is 4. The number of hydrogen-bond donors (Lipinski definition) is 1. The summed E-state index contributed by atoms with van der Waals surface area (Å²) >= 11 is 0. The standard InChI is InChI=1S/C14H21N3O2/c1-4-17-12-8-6-5-7-11(12)16-13(17)9-15-10-14(18-2)19-3/h5-8,14-15H,4,9-10H2,1-3H3. The number of aryl methyl sites for hydroxylation is 1. The van der Waals surface area contributed by atoms with Gasteiger partial charge in [0.2, 0.25) is 0 Å². The first kappa shape index (κ1) is 14.0. The molecule has 1 heterocycles. The van der Waals surface area contributed by atoms with Gasteiger partial charge in [-0.25, -0.2) is 4.98 Å². The number of benzene rings is 1. The summed E-state index contributed by atoms with van der Waals surface area (Å²) in [4.78, 5) is 4.65. The Morgan fingerprint density at radius 3 is 2.68 bits per heavy atom. The van der Waals surface area contributed by atoms with E-state index in [2.05, 4.69) is 27.9 Å². The van der Waals surface area contributed by atoms with Gasteiger partial charge in [0.1, 0.15) is 5.82 Å². The Labute approximate surface area is 113 Å². The zero-order chi connectivity index (χ0) is 13.7. The first-order valence-electron chi connectivity index (χ1n) is 6.50. The van der Waals surface area contributed by atoms with E-state index < -0.39 is 0 Å². The van der Waals surface area contributed by atoms with Crippen molar-refractivity contribution in [3.05, 3.63) is 30.1 Å². The van der Waals surface area contributed by atoms with Crippen molar-refractivity contribution in [3.8, 4) is 0 Å². The van der Waals surface area contributed by atoms with E-state index in [-0.39, 0.29) is 6.29 Å². The lowest BCUT2D eigenvalue weighted by Gasteiger charge is -2.14. The van der Waals surface area contributed by atoms with Crippen LogP contribution >= 0.6 is 0 Å². The van der Waals surface area contributed by atoms with Crippen LogP contribution in [0.1, 0.15) is 12.7 Å². The van der Waals surface area contributed by atoms with Gasteiger partial charge in [-0.3, -0.25) is 0 Å². The average molecular weight is 263 g/mol. The van der Waals surface area contributed by atoms with Crippen LogP contribution in [0.4, 0.5) is 0 Å². The second-order valence-electron chi connectivity index (χ2n) is 4.29. The summed E-state index contributed by atoms with van der Waals surface area (Å²) in [6.07, 6.45) is -0.223. The van der Waals surface area contributed by atoms with Crippen LogP contribution in [0.2, 0.25) is 0 Å². The molecule has 5 heteroatoms. The highest BCUT2D eigenvalue weighted by molar-refractivity contribution is 5.75. The minimum Gasteiger partial charge on any atom is -0.355 e. The first-order chi connectivity index (χ1) is 9.30. The van der Waals surface area contributed by atoms with Crippen molar-refractivity contribution < 1.29 is 9.47 Å². The summed E-state index contributed by atoms with van der Waals surface area (Å²) in [6.45, 7) is 4.38. The lowest BCUT2D eigenvalue weighted by atomic mass is 10.3. The van der Waals surface area contributed by atoms with Crippen molar-refractivity contribution in [2.24, 2.45) is 0 Å². The first-order valence-corrected chi connectivity index (χ1v) is 6.50. The minimum absolute atomic E-state index is 0.223. The largest absolute Gasteiger partial charge is 0.355 e. The summed E-state index contributed by atoms with van der Waals surface area (Å²) < 4.78 is 12.5. The highest BCUT2D eigenvalue weighted by Crippen LogP contribution is 2.15. The summed E-state index contributed by atoms with van der Waals surface area (Å²) in [5.74, 6) is 1.04. The lowest BCUT2D eigenvalue weighted by Crippen LogP contribution is -2.30. The third kappa shape index (κ3) is 3.12. The number of rotatable bonds is 7. The number of nitrogens with zero attached hydrogens (tertiary/aromatic N) is 2. The molecule has 0 radical (unpaired) electrons. The van der Waals surface area contributed by atoms with Crippen molar-refractivity contribution in [3.63, 3.8) is 0 Å². The van der Waals surface area contributed by atoms with E-state index in [1.165, 1.54) is 5.52 Å². The van der Waals surface area contributed by atoms with Crippen molar-refractivity contribution >= 4 is 11.0 Å². The number of ether oxygens (including phenoxy) is 2. The molecule has 0 fully saturated rings. The van der Waals surface area contributed by atoms with Crippen LogP contribution in [0.25, 0.3) is 11.0 Å². The second-order valence-corrected chi connectivity index (χ2v) is 4.29. The molecule has 0 aliphatic carbocycles. The summed E-state index contributed by atoms with van der Waals surface area (Å²) in [5, 5.41) is 3.31. The molecular formula is C14H21N3O2. The van der Waals surface area contributed by atoms with E-state index in [9.17, 15) is 0 Å². The van der Waals surface area contributed by atoms with Gasteiger partial charge in [0.25, 0.3) is 0 Å². The molecule has 0 aliphatic rings. The minimum atomic E-state index is -0.223. The number of fused-ring (bicyclic) bond motifs is 1. The Morgan fingerprint density at radius 2 is 2.00 bits per heavy atom. The van der Waals surface area contributed by atoms with Gasteiger partial charge in [0.15, 0.2) is 6.29 Å². The molecule has 1 aromatic carbocycles. The van der Waals surface area contributed by atoms with Crippen LogP contribution in [-0.4, -0.2) is 36.6 Å². The molecule has 0 saturated heterocycles. The van der Waals surface area contributed by atoms with E-state index in [1.54, 1.807) is 14.2 Å². The molecular weight excluding hydrogens is 242 g/mol. The quantitative estimate of drug-likeness (QED) is 0.773. The Balaban J connectivity index is 2.08. The monoisotopic (exact) mass is 263 g/mol. The van der Waals surface area contributed by atoms with Crippen LogP contribution in [0.3, 0.4) is 0 Å². The third-order valence-electron chi connectivity index (χ3n) is 3.17. The SMILES string of the molecule is CCn1c(CNCC(OC)OC)nc2ccccc21. The van der Waals surface area contributed by atoms with Gasteiger partial charge >= 0.3 is 0 Å². The Morgan fingerprint density at radius 1 is 1.26 bits per heavy atom. The van der Waals surface area contributed by atoms with E-state index in [0.717, 1.165) is 17.9 Å². The van der Waals surface area contributed by atoms with E-state index in [4.69, 9.17) is 9.47 Å². The smallest absolute Gasteiger partial charge is 0.169 e. The van der Waals surface area contributed by atoms with E-state index in [1.807, 2.05) is 18.2 Å². The molecule has 0 spiro atoms. The Hall–Kier alpha value is -1.43. The molecule has 1 N–H and O–H groups in total. The Bertz CT molecular complexity index is 520. The maximum Gasteiger partial charge on any atom is 0.169 e. The van der Waals surface area contributed by atoms with Crippen LogP contribution < -0.4 is 5.32 Å². The maximum atomic E-state index is 5.14. The third-order valence-corrected chi connectivity index (χ3v) is 3.17. The topological polar surface area (TPSA) is 48.3 Å². The van der Waals surface area contributed by atoms with Crippen LogP contribution in [0, 0.1) is 0 Å². The van der Waals surface area contributed by atoms with Gasteiger partial charge in [-0.1, -0.05) is 12.1 Å². The fourth-order valence-corrected chi connectivity index (χ4v) is 2.18. The van der Waals surface area contributed by atoms with E-state index in [0.29, 0.717) is 13.1 Å². The predicted molar refractivity (Wildman–Crippen MR) is 74.9 cm³/mol. The van der Waals surface area contributed by atoms with Crippen molar-refractivity contribution in [1.29, 1.82) is 0 Å². The average Bonchev–Trinajstić information content (AvgIpc) is 2.81. The van der Waals surface area contributed by atoms with Gasteiger partial charge in [0, 0.05) is 27.3 Å². The van der Waals surface area contributed by atoms with Crippen LogP contribution in [0.15, 0.2) is 24.3 Å². The normalized spacial score (nSPS) is 11.6. The zero-order valence-corrected chi connectivity index (χ0v) is 11.7. The molecule has 2 rings (SSSR count). The van der Waals surface area contributed by atoms with Gasteiger partial charge < -0.3 is 19.4 Å². The molecule has 0 unspecified atom stereocenters. The molecule has 0 bridgehead atoms. The van der Waals surface area contributed by atoms with Gasteiger partial charge in [-0.15, -0.1) is 0 Å². The molecule has 0 atom stereocenters. The number of methoxy groups -OCH3 is 2.